The van der Waals surface area contributed by atoms with E-state index in [1.54, 1.807) is 24.5 Å². The Labute approximate surface area is 132 Å². The van der Waals surface area contributed by atoms with Crippen molar-refractivity contribution in [3.8, 4) is 11.1 Å². The summed E-state index contributed by atoms with van der Waals surface area (Å²) in [4.78, 5) is 0. The first kappa shape index (κ1) is 14.5. The van der Waals surface area contributed by atoms with Gasteiger partial charge in [0, 0.05) is 23.3 Å². The van der Waals surface area contributed by atoms with E-state index in [1.807, 2.05) is 23.7 Å². The zero-order valence-corrected chi connectivity index (χ0v) is 12.7. The molecule has 4 nitrogen and oxygen atoms in total. The fourth-order valence-electron chi connectivity index (χ4n) is 2.18. The van der Waals surface area contributed by atoms with Crippen molar-refractivity contribution < 1.29 is 4.39 Å². The minimum Gasteiger partial charge on any atom is -0.377 e. The van der Waals surface area contributed by atoms with E-state index in [9.17, 15) is 4.39 Å². The molecule has 112 valence electrons. The molecule has 0 aliphatic carbocycles. The Balaban J connectivity index is 1.90. The zero-order valence-electron chi connectivity index (χ0n) is 11.9. The predicted octanol–water partition coefficient (Wildman–Crippen LogP) is 3.89. The fourth-order valence-corrected chi connectivity index (χ4v) is 2.31. The second-order valence-corrected chi connectivity index (χ2v) is 5.34. The average molecular weight is 317 g/mol. The van der Waals surface area contributed by atoms with Crippen LogP contribution in [-0.2, 0) is 13.6 Å². The van der Waals surface area contributed by atoms with Crippen LogP contribution in [0.15, 0.2) is 48.8 Å². The number of anilines is 1. The van der Waals surface area contributed by atoms with Gasteiger partial charge in [0.1, 0.15) is 12.1 Å². The molecule has 0 spiro atoms. The molecule has 0 fully saturated rings. The minimum atomic E-state index is -0.283. The lowest BCUT2D eigenvalue weighted by Gasteiger charge is -2.12. The summed E-state index contributed by atoms with van der Waals surface area (Å²) in [5.74, 6) is 0.514. The number of halogens is 2. The van der Waals surface area contributed by atoms with Crippen LogP contribution >= 0.6 is 11.6 Å². The molecule has 0 aliphatic rings. The van der Waals surface area contributed by atoms with E-state index in [0.717, 1.165) is 22.6 Å². The highest BCUT2D eigenvalue weighted by atomic mass is 35.5. The van der Waals surface area contributed by atoms with Crippen LogP contribution in [0.25, 0.3) is 11.1 Å². The van der Waals surface area contributed by atoms with Gasteiger partial charge in [-0.25, -0.2) is 4.39 Å². The summed E-state index contributed by atoms with van der Waals surface area (Å²) >= 11 is 5.91. The van der Waals surface area contributed by atoms with Crippen LogP contribution < -0.4 is 5.32 Å². The maximum absolute atomic E-state index is 13.6. The van der Waals surface area contributed by atoms with Crippen molar-refractivity contribution in [2.45, 2.75) is 6.54 Å². The van der Waals surface area contributed by atoms with Crippen molar-refractivity contribution >= 4 is 17.3 Å². The second kappa shape index (κ2) is 6.15. The van der Waals surface area contributed by atoms with Crippen molar-refractivity contribution in [1.82, 2.24) is 14.8 Å². The number of benzene rings is 2. The van der Waals surface area contributed by atoms with Crippen LogP contribution in [-0.4, -0.2) is 14.8 Å². The molecule has 3 rings (SSSR count). The molecular formula is C16H14ClFN4. The Hall–Kier alpha value is -2.40. The third-order valence-electron chi connectivity index (χ3n) is 3.38. The van der Waals surface area contributed by atoms with Crippen LogP contribution in [0.2, 0.25) is 5.02 Å². The summed E-state index contributed by atoms with van der Waals surface area (Å²) in [6.45, 7) is 0.503. The van der Waals surface area contributed by atoms with Gasteiger partial charge in [0.05, 0.1) is 6.54 Å². The van der Waals surface area contributed by atoms with Gasteiger partial charge >= 0.3 is 0 Å². The molecule has 0 unspecified atom stereocenters. The van der Waals surface area contributed by atoms with Gasteiger partial charge in [0.25, 0.3) is 0 Å². The van der Waals surface area contributed by atoms with Crippen molar-refractivity contribution in [2.24, 2.45) is 7.05 Å². The van der Waals surface area contributed by atoms with E-state index in [2.05, 4.69) is 15.5 Å². The van der Waals surface area contributed by atoms with E-state index in [1.165, 1.54) is 12.1 Å². The fraction of sp³-hybridized carbons (Fsp3) is 0.125. The number of nitrogens with zero attached hydrogens (tertiary/aromatic N) is 3. The van der Waals surface area contributed by atoms with Gasteiger partial charge in [0.15, 0.2) is 5.82 Å². The average Bonchev–Trinajstić information content (AvgIpc) is 2.92. The van der Waals surface area contributed by atoms with Crippen molar-refractivity contribution in [2.75, 3.05) is 5.32 Å². The van der Waals surface area contributed by atoms with Gasteiger partial charge in [-0.05, 0) is 35.9 Å². The van der Waals surface area contributed by atoms with Gasteiger partial charge in [-0.3, -0.25) is 0 Å². The van der Waals surface area contributed by atoms with Crippen molar-refractivity contribution in [3.05, 3.63) is 65.5 Å². The molecule has 1 N–H and O–H groups in total. The molecule has 22 heavy (non-hydrogen) atoms. The number of aryl methyl sites for hydroxylation is 1. The highest BCUT2D eigenvalue weighted by Crippen LogP contribution is 2.30. The molecule has 0 saturated carbocycles. The number of aromatic nitrogens is 3. The summed E-state index contributed by atoms with van der Waals surface area (Å²) in [5, 5.41) is 11.8. The first-order valence-electron chi connectivity index (χ1n) is 6.76. The lowest BCUT2D eigenvalue weighted by Crippen LogP contribution is -2.06. The van der Waals surface area contributed by atoms with Gasteiger partial charge in [0.2, 0.25) is 0 Å². The summed E-state index contributed by atoms with van der Waals surface area (Å²) in [7, 11) is 1.88. The highest BCUT2D eigenvalue weighted by molar-refractivity contribution is 6.30. The molecule has 0 atom stereocenters. The van der Waals surface area contributed by atoms with Crippen LogP contribution in [0.3, 0.4) is 0 Å². The predicted molar refractivity (Wildman–Crippen MR) is 85.2 cm³/mol. The summed E-state index contributed by atoms with van der Waals surface area (Å²) in [6.07, 6.45) is 1.64. The van der Waals surface area contributed by atoms with Crippen molar-refractivity contribution in [3.63, 3.8) is 0 Å². The normalized spacial score (nSPS) is 10.7. The molecule has 3 aromatic rings. The lowest BCUT2D eigenvalue weighted by molar-refractivity contribution is 0.628. The van der Waals surface area contributed by atoms with Gasteiger partial charge in [-0.15, -0.1) is 10.2 Å². The molecule has 2 aromatic carbocycles. The molecule has 1 aromatic heterocycles. The Morgan fingerprint density at radius 1 is 1.18 bits per heavy atom. The lowest BCUT2D eigenvalue weighted by atomic mass is 10.0. The van der Waals surface area contributed by atoms with Crippen LogP contribution in [0.4, 0.5) is 10.1 Å². The van der Waals surface area contributed by atoms with Crippen LogP contribution in [0, 0.1) is 5.82 Å². The molecule has 1 heterocycles. The van der Waals surface area contributed by atoms with E-state index in [0.29, 0.717) is 11.6 Å². The smallest absolute Gasteiger partial charge is 0.151 e. The molecule has 0 saturated heterocycles. The van der Waals surface area contributed by atoms with Crippen LogP contribution in [0.1, 0.15) is 5.82 Å². The Bertz CT molecular complexity index is 783. The third-order valence-corrected chi connectivity index (χ3v) is 3.63. The number of hydrogen-bond acceptors (Lipinski definition) is 3. The maximum atomic E-state index is 13.6. The number of nitrogens with one attached hydrogen (secondary N) is 1. The van der Waals surface area contributed by atoms with E-state index in [-0.39, 0.29) is 5.82 Å². The molecule has 0 bridgehead atoms. The maximum Gasteiger partial charge on any atom is 0.151 e. The number of hydrogen-bond donors (Lipinski definition) is 1. The summed E-state index contributed by atoms with van der Waals surface area (Å²) in [5.41, 5.74) is 2.50. The molecule has 0 radical (unpaired) electrons. The first-order valence-corrected chi connectivity index (χ1v) is 7.13. The SMILES string of the molecule is Cn1cnnc1CNc1ccc(F)cc1-c1ccc(Cl)cc1. The quantitative estimate of drug-likeness (QED) is 0.794. The van der Waals surface area contributed by atoms with Gasteiger partial charge < -0.3 is 9.88 Å². The standard InChI is InChI=1S/C16H14ClFN4/c1-22-10-20-21-16(22)9-19-15-7-6-13(18)8-14(15)11-2-4-12(17)5-3-11/h2-8,10,19H,9H2,1H3. The topological polar surface area (TPSA) is 42.7 Å². The van der Waals surface area contributed by atoms with Gasteiger partial charge in [-0.1, -0.05) is 23.7 Å². The zero-order chi connectivity index (χ0) is 15.5. The Morgan fingerprint density at radius 3 is 2.64 bits per heavy atom. The van der Waals surface area contributed by atoms with E-state index in [4.69, 9.17) is 11.6 Å². The second-order valence-electron chi connectivity index (χ2n) is 4.91. The molecule has 0 amide bonds. The largest absolute Gasteiger partial charge is 0.377 e. The molecule has 6 heteroatoms. The summed E-state index contributed by atoms with van der Waals surface area (Å²) in [6, 6.07) is 12.0. The van der Waals surface area contributed by atoms with Crippen LogP contribution in [0.5, 0.6) is 0 Å². The Morgan fingerprint density at radius 2 is 1.95 bits per heavy atom. The van der Waals surface area contributed by atoms with Gasteiger partial charge in [-0.2, -0.15) is 0 Å². The Kier molecular flexibility index (Phi) is 4.06. The third kappa shape index (κ3) is 3.09. The summed E-state index contributed by atoms with van der Waals surface area (Å²) < 4.78 is 15.4. The number of rotatable bonds is 4. The first-order chi connectivity index (χ1) is 10.6. The molecule has 0 aliphatic heterocycles. The minimum absolute atomic E-state index is 0.283. The highest BCUT2D eigenvalue weighted by Gasteiger charge is 2.08. The molecular weight excluding hydrogens is 303 g/mol. The van der Waals surface area contributed by atoms with E-state index < -0.39 is 0 Å². The monoisotopic (exact) mass is 316 g/mol. The van der Waals surface area contributed by atoms with E-state index >= 15 is 0 Å². The van der Waals surface area contributed by atoms with Crippen molar-refractivity contribution in [1.29, 1.82) is 0 Å².